The van der Waals surface area contributed by atoms with E-state index in [4.69, 9.17) is 9.15 Å². The fraction of sp³-hybridized carbons (Fsp3) is 0.320. The van der Waals surface area contributed by atoms with Crippen LogP contribution in [-0.2, 0) is 29.5 Å². The number of amides is 1. The van der Waals surface area contributed by atoms with Gasteiger partial charge in [-0.15, -0.1) is 0 Å². The summed E-state index contributed by atoms with van der Waals surface area (Å²) in [5.41, 5.74) is 2.84. The van der Waals surface area contributed by atoms with E-state index >= 15 is 0 Å². The molecule has 1 aliphatic heterocycles. The number of ether oxygens (including phenoxy) is 1. The third kappa shape index (κ3) is 5.66. The average molecular weight is 453 g/mol. The summed E-state index contributed by atoms with van der Waals surface area (Å²) in [6, 6.07) is 19.0. The van der Waals surface area contributed by atoms with Crippen LogP contribution in [0.1, 0.15) is 33.9 Å². The Morgan fingerprint density at radius 2 is 1.88 bits per heavy atom. The van der Waals surface area contributed by atoms with Gasteiger partial charge in [0.2, 0.25) is 0 Å². The molecule has 0 saturated heterocycles. The topological polar surface area (TPSA) is 71.8 Å². The third-order valence-electron chi connectivity index (χ3n) is 5.63. The summed E-state index contributed by atoms with van der Waals surface area (Å²) in [6.45, 7) is 3.55. The Morgan fingerprint density at radius 3 is 2.66 bits per heavy atom. The van der Waals surface area contributed by atoms with Gasteiger partial charge in [0, 0.05) is 31.1 Å². The Kier molecular flexibility index (Phi) is 7.39. The summed E-state index contributed by atoms with van der Waals surface area (Å²) in [5.74, 6) is 1.47. The molecule has 3 aromatic rings. The highest BCUT2D eigenvalue weighted by Gasteiger charge is 2.16. The van der Waals surface area contributed by atoms with Crippen molar-refractivity contribution in [1.82, 2.24) is 10.2 Å². The molecule has 2 heterocycles. The Bertz CT molecular complexity index is 1080. The lowest BCUT2D eigenvalue weighted by molar-refractivity contribution is 0.0922. The number of hydrogen-bond donors (Lipinski definition) is 1. The molecular formula is C25H28N2O4S. The Balaban J connectivity index is 1.20. The van der Waals surface area contributed by atoms with Gasteiger partial charge in [-0.2, -0.15) is 0 Å². The first kappa shape index (κ1) is 22.3. The van der Waals surface area contributed by atoms with Crippen LogP contribution in [0.4, 0.5) is 0 Å². The fourth-order valence-corrected chi connectivity index (χ4v) is 4.87. The zero-order valence-electron chi connectivity index (χ0n) is 18.2. The van der Waals surface area contributed by atoms with Crippen molar-refractivity contribution in [3.63, 3.8) is 0 Å². The zero-order chi connectivity index (χ0) is 22.3. The van der Waals surface area contributed by atoms with Gasteiger partial charge in [0.1, 0.15) is 11.5 Å². The highest BCUT2D eigenvalue weighted by atomic mass is 32.2. The number of carbonyl (C=O) groups is 1. The lowest BCUT2D eigenvalue weighted by atomic mass is 10.00. The predicted octanol–water partition coefficient (Wildman–Crippen LogP) is 3.77. The predicted molar refractivity (Wildman–Crippen MR) is 124 cm³/mol. The molecule has 0 radical (unpaired) electrons. The second-order valence-corrected chi connectivity index (χ2v) is 9.29. The number of nitrogens with zero attached hydrogens (tertiary/aromatic N) is 1. The number of fused-ring (bicyclic) bond motifs is 1. The molecule has 7 heteroatoms. The van der Waals surface area contributed by atoms with Crippen molar-refractivity contribution in [3.05, 3.63) is 83.3 Å². The normalized spacial score (nSPS) is 14.5. The van der Waals surface area contributed by atoms with Gasteiger partial charge in [-0.3, -0.25) is 13.9 Å². The van der Waals surface area contributed by atoms with E-state index in [2.05, 4.69) is 34.5 Å². The zero-order valence-corrected chi connectivity index (χ0v) is 19.0. The molecule has 4 rings (SSSR count). The maximum atomic E-state index is 12.5. The molecular weight excluding hydrogens is 424 g/mol. The van der Waals surface area contributed by atoms with Crippen molar-refractivity contribution in [2.24, 2.45) is 0 Å². The van der Waals surface area contributed by atoms with E-state index in [1.807, 2.05) is 0 Å². The minimum absolute atomic E-state index is 0.218. The molecule has 168 valence electrons. The highest BCUT2D eigenvalue weighted by Crippen LogP contribution is 2.19. The smallest absolute Gasteiger partial charge is 0.286 e. The van der Waals surface area contributed by atoms with E-state index in [0.717, 1.165) is 32.5 Å². The number of furan rings is 1. The SMILES string of the molecule is COc1ccc([S@@](=O)Cc2ccc(C(=O)NCCCN3CCc4ccccc4C3)o2)cc1. The maximum absolute atomic E-state index is 12.5. The van der Waals surface area contributed by atoms with Crippen molar-refractivity contribution in [3.8, 4) is 5.75 Å². The minimum Gasteiger partial charge on any atom is -0.497 e. The minimum atomic E-state index is -1.26. The van der Waals surface area contributed by atoms with Crippen LogP contribution < -0.4 is 10.1 Å². The van der Waals surface area contributed by atoms with Crippen LogP contribution in [0.5, 0.6) is 5.75 Å². The third-order valence-corrected chi connectivity index (χ3v) is 6.97. The molecule has 0 fully saturated rings. The van der Waals surface area contributed by atoms with E-state index in [9.17, 15) is 9.00 Å². The Morgan fingerprint density at radius 1 is 1.09 bits per heavy atom. The molecule has 1 amide bonds. The average Bonchev–Trinajstić information content (AvgIpc) is 3.30. The number of methoxy groups -OCH3 is 1. The van der Waals surface area contributed by atoms with Crippen molar-refractivity contribution in [2.75, 3.05) is 26.7 Å². The summed E-state index contributed by atoms with van der Waals surface area (Å²) in [5, 5.41) is 2.92. The van der Waals surface area contributed by atoms with Crippen LogP contribution in [0.3, 0.4) is 0 Å². The molecule has 2 aromatic carbocycles. The van der Waals surface area contributed by atoms with Crippen molar-refractivity contribution in [1.29, 1.82) is 0 Å². The van der Waals surface area contributed by atoms with Gasteiger partial charge in [0.25, 0.3) is 5.91 Å². The largest absolute Gasteiger partial charge is 0.497 e. The van der Waals surface area contributed by atoms with E-state index in [0.29, 0.717) is 22.9 Å². The van der Waals surface area contributed by atoms with Crippen molar-refractivity contribution in [2.45, 2.75) is 30.0 Å². The van der Waals surface area contributed by atoms with Gasteiger partial charge in [0.15, 0.2) is 5.76 Å². The van der Waals surface area contributed by atoms with E-state index in [-0.39, 0.29) is 17.4 Å². The van der Waals surface area contributed by atoms with Crippen LogP contribution in [0.25, 0.3) is 0 Å². The fourth-order valence-electron chi connectivity index (χ4n) is 3.85. The first-order chi connectivity index (χ1) is 15.6. The molecule has 1 atom stereocenters. The van der Waals surface area contributed by atoms with Gasteiger partial charge < -0.3 is 14.5 Å². The molecule has 0 saturated carbocycles. The first-order valence-corrected chi connectivity index (χ1v) is 12.1. The Hall–Kier alpha value is -2.90. The lowest BCUT2D eigenvalue weighted by Crippen LogP contribution is -2.33. The van der Waals surface area contributed by atoms with Gasteiger partial charge >= 0.3 is 0 Å². The standard InChI is InChI=1S/C25H28N2O4S/c1-30-21-7-10-23(11-8-21)32(29)18-22-9-12-24(31-22)25(28)26-14-4-15-27-16-13-19-5-2-3-6-20(19)17-27/h2-3,5-12H,4,13-18H2,1H3,(H,26,28)/t32-/m0/s1. The van der Waals surface area contributed by atoms with E-state index < -0.39 is 10.8 Å². The van der Waals surface area contributed by atoms with Gasteiger partial charge in [0.05, 0.1) is 23.7 Å². The van der Waals surface area contributed by atoms with Gasteiger partial charge in [-0.05, 0) is 60.4 Å². The van der Waals surface area contributed by atoms with Crippen LogP contribution in [0.2, 0.25) is 0 Å². The van der Waals surface area contributed by atoms with E-state index in [1.165, 1.54) is 11.1 Å². The number of benzene rings is 2. The second-order valence-electron chi connectivity index (χ2n) is 7.84. The number of carbonyl (C=O) groups excluding carboxylic acids is 1. The summed E-state index contributed by atoms with van der Waals surface area (Å²) in [4.78, 5) is 15.5. The van der Waals surface area contributed by atoms with Crippen LogP contribution in [0.15, 0.2) is 70.0 Å². The van der Waals surface area contributed by atoms with Crippen molar-refractivity contribution >= 4 is 16.7 Å². The lowest BCUT2D eigenvalue weighted by Gasteiger charge is -2.28. The number of nitrogens with one attached hydrogen (secondary N) is 1. The summed E-state index contributed by atoms with van der Waals surface area (Å²) < 4.78 is 23.3. The maximum Gasteiger partial charge on any atom is 0.286 e. The summed E-state index contributed by atoms with van der Waals surface area (Å²) in [6.07, 6.45) is 1.96. The van der Waals surface area contributed by atoms with E-state index in [1.54, 1.807) is 43.5 Å². The highest BCUT2D eigenvalue weighted by molar-refractivity contribution is 7.84. The summed E-state index contributed by atoms with van der Waals surface area (Å²) in [7, 11) is 0.335. The molecule has 1 aliphatic rings. The second kappa shape index (κ2) is 10.6. The molecule has 1 aromatic heterocycles. The molecule has 6 nitrogen and oxygen atoms in total. The number of hydrogen-bond acceptors (Lipinski definition) is 5. The van der Waals surface area contributed by atoms with Crippen LogP contribution in [-0.4, -0.2) is 41.8 Å². The summed E-state index contributed by atoms with van der Waals surface area (Å²) >= 11 is 0. The molecule has 0 aliphatic carbocycles. The quantitative estimate of drug-likeness (QED) is 0.501. The van der Waals surface area contributed by atoms with Gasteiger partial charge in [-0.25, -0.2) is 0 Å². The molecule has 0 bridgehead atoms. The van der Waals surface area contributed by atoms with Crippen LogP contribution in [0, 0.1) is 0 Å². The monoisotopic (exact) mass is 452 g/mol. The first-order valence-electron chi connectivity index (χ1n) is 10.8. The molecule has 0 unspecified atom stereocenters. The van der Waals surface area contributed by atoms with Gasteiger partial charge in [-0.1, -0.05) is 24.3 Å². The Labute approximate surface area is 191 Å². The van der Waals surface area contributed by atoms with Crippen LogP contribution >= 0.6 is 0 Å². The molecule has 0 spiro atoms. The molecule has 1 N–H and O–H groups in total. The number of rotatable bonds is 9. The van der Waals surface area contributed by atoms with Crippen molar-refractivity contribution < 1.29 is 18.2 Å². The molecule has 32 heavy (non-hydrogen) atoms.